The molecule has 5 nitrogen and oxygen atoms in total. The molecule has 0 amide bonds. The third kappa shape index (κ3) is 3.31. The summed E-state index contributed by atoms with van der Waals surface area (Å²) in [7, 11) is 0. The van der Waals surface area contributed by atoms with Gasteiger partial charge in [0.1, 0.15) is 17.6 Å². The average molecular weight is 415 g/mol. The third-order valence-corrected chi connectivity index (χ3v) is 4.68. The number of alkyl halides is 3. The Kier molecular flexibility index (Phi) is 4.31. The number of hydrogen-bond donors (Lipinski definition) is 1. The van der Waals surface area contributed by atoms with Gasteiger partial charge in [0.15, 0.2) is 6.10 Å². The molecule has 2 unspecified atom stereocenters. The van der Waals surface area contributed by atoms with E-state index in [1.807, 2.05) is 0 Å². The Labute approximate surface area is 160 Å². The first kappa shape index (κ1) is 18.7. The van der Waals surface area contributed by atoms with Crippen molar-refractivity contribution in [2.45, 2.75) is 24.9 Å². The zero-order chi connectivity index (χ0) is 20.2. The number of epoxide rings is 1. The number of carboxylic acids is 1. The van der Waals surface area contributed by atoms with Crippen molar-refractivity contribution < 1.29 is 32.2 Å². The minimum atomic E-state index is -4.57. The first-order valence-corrected chi connectivity index (χ1v) is 8.43. The van der Waals surface area contributed by atoms with Crippen molar-refractivity contribution in [3.8, 4) is 0 Å². The van der Waals surface area contributed by atoms with Gasteiger partial charge in [0, 0.05) is 16.0 Å². The van der Waals surface area contributed by atoms with E-state index in [1.54, 1.807) is 0 Å². The Balaban J connectivity index is 1.82. The van der Waals surface area contributed by atoms with Gasteiger partial charge in [-0.1, -0.05) is 23.7 Å². The van der Waals surface area contributed by atoms with Gasteiger partial charge in [-0.15, -0.1) is 0 Å². The molecule has 10 heteroatoms. The fourth-order valence-corrected chi connectivity index (χ4v) is 3.18. The fraction of sp³-hybridized carbons (Fsp3) is 0.222. The van der Waals surface area contributed by atoms with Crippen LogP contribution in [0.15, 0.2) is 36.4 Å². The van der Waals surface area contributed by atoms with E-state index in [9.17, 15) is 22.4 Å². The second-order valence-corrected chi connectivity index (χ2v) is 6.76. The van der Waals surface area contributed by atoms with Crippen LogP contribution in [-0.4, -0.2) is 27.0 Å². The number of nitrogens with zero attached hydrogens (tertiary/aromatic N) is 2. The van der Waals surface area contributed by atoms with Crippen LogP contribution in [0.2, 0.25) is 5.02 Å². The van der Waals surface area contributed by atoms with Gasteiger partial charge in [-0.3, -0.25) is 4.68 Å². The largest absolute Gasteiger partial charge is 0.479 e. The molecule has 4 rings (SSSR count). The standard InChI is InChI=1S/C18H11ClF4N2O3/c19-10-3-1-8(12(20)6-10)7-25-13-5-9(18(21,22)23)2-4-11(13)14(24-25)15-16(28-15)17(26)27/h1-6,15-16H,7H2,(H,26,27). The van der Waals surface area contributed by atoms with Crippen molar-refractivity contribution >= 4 is 28.5 Å². The maximum absolute atomic E-state index is 14.1. The number of aliphatic carboxylic acids is 1. The number of halogens is 5. The van der Waals surface area contributed by atoms with Gasteiger partial charge in [-0.2, -0.15) is 18.3 Å². The predicted octanol–water partition coefficient (Wildman–Crippen LogP) is 4.42. The van der Waals surface area contributed by atoms with Crippen molar-refractivity contribution in [3.63, 3.8) is 0 Å². The van der Waals surface area contributed by atoms with E-state index in [2.05, 4.69) is 5.10 Å². The van der Waals surface area contributed by atoms with Crippen LogP contribution < -0.4 is 0 Å². The van der Waals surface area contributed by atoms with Crippen LogP contribution in [0.5, 0.6) is 0 Å². The van der Waals surface area contributed by atoms with E-state index in [-0.39, 0.29) is 28.3 Å². The molecule has 1 aliphatic rings. The molecule has 0 aliphatic carbocycles. The summed E-state index contributed by atoms with van der Waals surface area (Å²) in [4.78, 5) is 11.1. The molecule has 2 heterocycles. The predicted molar refractivity (Wildman–Crippen MR) is 90.5 cm³/mol. The SMILES string of the molecule is O=C(O)C1OC1c1nn(Cc2ccc(Cl)cc2F)c2cc(C(F)(F)F)ccc12. The molecule has 0 saturated carbocycles. The number of hydrogen-bond acceptors (Lipinski definition) is 3. The zero-order valence-corrected chi connectivity index (χ0v) is 14.6. The molecule has 2 aromatic carbocycles. The highest BCUT2D eigenvalue weighted by molar-refractivity contribution is 6.30. The van der Waals surface area contributed by atoms with E-state index < -0.39 is 35.7 Å². The highest BCUT2D eigenvalue weighted by Gasteiger charge is 2.49. The number of ether oxygens (including phenoxy) is 1. The molecule has 1 N–H and O–H groups in total. The normalized spacial score (nSPS) is 19.2. The first-order chi connectivity index (χ1) is 13.1. The molecule has 0 spiro atoms. The van der Waals surface area contributed by atoms with Gasteiger partial charge < -0.3 is 9.84 Å². The highest BCUT2D eigenvalue weighted by Crippen LogP contribution is 2.42. The van der Waals surface area contributed by atoms with Crippen molar-refractivity contribution in [3.05, 3.63) is 64.1 Å². The number of carboxylic acid groups (broad SMARTS) is 1. The van der Waals surface area contributed by atoms with Gasteiger partial charge in [-0.05, 0) is 24.3 Å². The van der Waals surface area contributed by atoms with E-state index in [0.717, 1.165) is 18.2 Å². The van der Waals surface area contributed by atoms with Crippen molar-refractivity contribution in [2.75, 3.05) is 0 Å². The lowest BCUT2D eigenvalue weighted by Crippen LogP contribution is -2.07. The summed E-state index contributed by atoms with van der Waals surface area (Å²) < 4.78 is 59.8. The van der Waals surface area contributed by atoms with Crippen LogP contribution in [-0.2, 0) is 22.3 Å². The Hall–Kier alpha value is -2.65. The molecule has 1 saturated heterocycles. The number of benzene rings is 2. The fourth-order valence-electron chi connectivity index (χ4n) is 3.03. The second kappa shape index (κ2) is 6.46. The monoisotopic (exact) mass is 414 g/mol. The second-order valence-electron chi connectivity index (χ2n) is 6.32. The third-order valence-electron chi connectivity index (χ3n) is 4.45. The molecule has 0 bridgehead atoms. The van der Waals surface area contributed by atoms with Crippen molar-refractivity contribution in [1.29, 1.82) is 0 Å². The summed E-state index contributed by atoms with van der Waals surface area (Å²) in [6.45, 7) is -0.161. The lowest BCUT2D eigenvalue weighted by molar-refractivity contribution is -0.138. The van der Waals surface area contributed by atoms with Crippen LogP contribution in [0, 0.1) is 5.82 Å². The average Bonchev–Trinajstić information content (AvgIpc) is 3.33. The van der Waals surface area contributed by atoms with Gasteiger partial charge >= 0.3 is 12.1 Å². The number of rotatable bonds is 4. The van der Waals surface area contributed by atoms with Gasteiger partial charge in [0.2, 0.25) is 0 Å². The Morgan fingerprint density at radius 1 is 1.25 bits per heavy atom. The summed E-state index contributed by atoms with van der Waals surface area (Å²) in [6.07, 6.45) is -6.55. The van der Waals surface area contributed by atoms with Crippen LogP contribution in [0.3, 0.4) is 0 Å². The summed E-state index contributed by atoms with van der Waals surface area (Å²) in [5, 5.41) is 13.8. The maximum atomic E-state index is 14.1. The van der Waals surface area contributed by atoms with Crippen molar-refractivity contribution in [2.24, 2.45) is 0 Å². The van der Waals surface area contributed by atoms with Crippen LogP contribution in [0.4, 0.5) is 17.6 Å². The molecular weight excluding hydrogens is 404 g/mol. The molecule has 28 heavy (non-hydrogen) atoms. The van der Waals surface area contributed by atoms with E-state index in [4.69, 9.17) is 21.4 Å². The molecule has 0 radical (unpaired) electrons. The minimum absolute atomic E-state index is 0.0961. The number of aromatic nitrogens is 2. The molecule has 3 aromatic rings. The van der Waals surface area contributed by atoms with Crippen LogP contribution in [0.1, 0.15) is 22.9 Å². The van der Waals surface area contributed by atoms with Gasteiger partial charge in [0.25, 0.3) is 0 Å². The van der Waals surface area contributed by atoms with E-state index in [1.165, 1.54) is 22.9 Å². The maximum Gasteiger partial charge on any atom is 0.416 e. The summed E-state index contributed by atoms with van der Waals surface area (Å²) >= 11 is 5.73. The number of fused-ring (bicyclic) bond motifs is 1. The smallest absolute Gasteiger partial charge is 0.416 e. The number of carbonyl (C=O) groups is 1. The Morgan fingerprint density at radius 2 is 2.00 bits per heavy atom. The summed E-state index contributed by atoms with van der Waals surface area (Å²) in [5.74, 6) is -1.82. The molecule has 1 aliphatic heterocycles. The van der Waals surface area contributed by atoms with Gasteiger partial charge in [0.05, 0.1) is 17.6 Å². The summed E-state index contributed by atoms with van der Waals surface area (Å²) in [5.41, 5.74) is -0.427. The lowest BCUT2D eigenvalue weighted by atomic mass is 10.1. The minimum Gasteiger partial charge on any atom is -0.479 e. The molecule has 1 aromatic heterocycles. The quantitative estimate of drug-likeness (QED) is 0.507. The first-order valence-electron chi connectivity index (χ1n) is 8.05. The summed E-state index contributed by atoms with van der Waals surface area (Å²) in [6, 6.07) is 6.96. The highest BCUT2D eigenvalue weighted by atomic mass is 35.5. The molecular formula is C18H11ClF4N2O3. The van der Waals surface area contributed by atoms with E-state index >= 15 is 0 Å². The Bertz CT molecular complexity index is 1100. The zero-order valence-electron chi connectivity index (χ0n) is 13.9. The lowest BCUT2D eigenvalue weighted by Gasteiger charge is -2.09. The molecule has 2 atom stereocenters. The Morgan fingerprint density at radius 3 is 2.61 bits per heavy atom. The van der Waals surface area contributed by atoms with Crippen LogP contribution >= 0.6 is 11.6 Å². The van der Waals surface area contributed by atoms with Gasteiger partial charge in [-0.25, -0.2) is 9.18 Å². The van der Waals surface area contributed by atoms with E-state index in [0.29, 0.717) is 5.39 Å². The topological polar surface area (TPSA) is 67.7 Å². The van der Waals surface area contributed by atoms with Crippen LogP contribution in [0.25, 0.3) is 10.9 Å². The molecule has 146 valence electrons. The molecule has 1 fully saturated rings. The van der Waals surface area contributed by atoms with Crippen molar-refractivity contribution in [1.82, 2.24) is 9.78 Å².